The number of hydrogen-bond donors (Lipinski definition) is 0. The third-order valence-corrected chi connectivity index (χ3v) is 6.11. The molecule has 0 atom stereocenters. The zero-order valence-corrected chi connectivity index (χ0v) is 23.4. The molecule has 0 bridgehead atoms. The van der Waals surface area contributed by atoms with E-state index >= 15 is 0 Å². The Morgan fingerprint density at radius 1 is 0.581 bits per heavy atom. The van der Waals surface area contributed by atoms with E-state index in [1.165, 1.54) is 0 Å². The van der Waals surface area contributed by atoms with Crippen LogP contribution in [-0.4, -0.2) is 37.7 Å². The van der Waals surface area contributed by atoms with Gasteiger partial charge in [-0.25, -0.2) is 9.59 Å². The topological polar surface area (TPSA) is 97.4 Å². The van der Waals surface area contributed by atoms with Crippen molar-refractivity contribution in [2.75, 3.05) is 19.8 Å². The van der Waals surface area contributed by atoms with Gasteiger partial charge < -0.3 is 23.7 Å². The molecule has 0 saturated carbocycles. The van der Waals surface area contributed by atoms with Crippen LogP contribution in [0.5, 0.6) is 17.2 Å². The van der Waals surface area contributed by atoms with E-state index < -0.39 is 17.9 Å². The molecular weight excluding hydrogens is 548 g/mol. The van der Waals surface area contributed by atoms with E-state index in [-0.39, 0.29) is 26.2 Å². The van der Waals surface area contributed by atoms with E-state index in [0.29, 0.717) is 22.8 Å². The van der Waals surface area contributed by atoms with E-state index in [0.717, 1.165) is 34.6 Å². The molecule has 8 heteroatoms. The third kappa shape index (κ3) is 9.19. The van der Waals surface area contributed by atoms with Gasteiger partial charge in [-0.05, 0) is 70.8 Å². The summed E-state index contributed by atoms with van der Waals surface area (Å²) in [7, 11) is 0. The van der Waals surface area contributed by atoms with E-state index in [2.05, 4.69) is 17.9 Å². The number of benzene rings is 4. The number of carbonyl (C=O) groups excluding carboxylic acids is 3. The van der Waals surface area contributed by atoms with Crippen molar-refractivity contribution in [3.63, 3.8) is 0 Å². The lowest BCUT2D eigenvalue weighted by molar-refractivity contribution is -0.139. The minimum Gasteiger partial charge on any atom is -0.493 e. The molecule has 0 amide bonds. The standard InChI is InChI=1S/C35H30O8/c1-3-33(36)42-24-23-41-31-15-9-27(10-16-31)25-5-7-26(8-6-25)28-11-19-32(20-12-28)43-35(38)29-13-17-30(18-14-29)40-22-21-34(37)39-4-2/h3-20H,1-2,21-24H2. The van der Waals surface area contributed by atoms with Crippen LogP contribution in [0.3, 0.4) is 0 Å². The average molecular weight is 579 g/mol. The molecule has 0 N–H and O–H groups in total. The van der Waals surface area contributed by atoms with Crippen molar-refractivity contribution in [2.45, 2.75) is 6.42 Å². The molecule has 0 unspecified atom stereocenters. The Morgan fingerprint density at radius 3 is 1.56 bits per heavy atom. The number of carbonyl (C=O) groups is 3. The third-order valence-electron chi connectivity index (χ3n) is 6.11. The summed E-state index contributed by atoms with van der Waals surface area (Å²) >= 11 is 0. The minimum absolute atomic E-state index is 0.0832. The van der Waals surface area contributed by atoms with Crippen LogP contribution in [0.1, 0.15) is 16.8 Å². The largest absolute Gasteiger partial charge is 0.493 e. The molecule has 218 valence electrons. The normalized spacial score (nSPS) is 10.2. The smallest absolute Gasteiger partial charge is 0.343 e. The van der Waals surface area contributed by atoms with Crippen molar-refractivity contribution in [3.05, 3.63) is 128 Å². The van der Waals surface area contributed by atoms with E-state index in [4.69, 9.17) is 18.9 Å². The maximum absolute atomic E-state index is 12.6. The molecule has 8 nitrogen and oxygen atoms in total. The molecule has 0 aliphatic carbocycles. The fraction of sp³-hybridized carbons (Fsp3) is 0.114. The van der Waals surface area contributed by atoms with Gasteiger partial charge in [0.05, 0.1) is 24.9 Å². The summed E-state index contributed by atoms with van der Waals surface area (Å²) in [5, 5.41) is 0. The van der Waals surface area contributed by atoms with Crippen LogP contribution in [0.25, 0.3) is 22.3 Å². The molecular formula is C35H30O8. The summed E-state index contributed by atoms with van der Waals surface area (Å²) in [6, 6.07) is 29.5. The lowest BCUT2D eigenvalue weighted by Gasteiger charge is -2.09. The van der Waals surface area contributed by atoms with Crippen LogP contribution in [0, 0.1) is 0 Å². The highest BCUT2D eigenvalue weighted by atomic mass is 16.6. The van der Waals surface area contributed by atoms with Gasteiger partial charge in [0.15, 0.2) is 0 Å². The van der Waals surface area contributed by atoms with Crippen molar-refractivity contribution in [1.82, 2.24) is 0 Å². The summed E-state index contributed by atoms with van der Waals surface area (Å²) in [4.78, 5) is 35.0. The Bertz CT molecular complexity index is 1540. The summed E-state index contributed by atoms with van der Waals surface area (Å²) in [5.41, 5.74) is 4.45. The second-order valence-corrected chi connectivity index (χ2v) is 9.02. The molecule has 0 aromatic heterocycles. The van der Waals surface area contributed by atoms with Gasteiger partial charge in [0, 0.05) is 6.08 Å². The van der Waals surface area contributed by atoms with Gasteiger partial charge in [0.25, 0.3) is 0 Å². The molecule has 4 rings (SSSR count). The Kier molecular flexibility index (Phi) is 10.9. The second-order valence-electron chi connectivity index (χ2n) is 9.02. The monoisotopic (exact) mass is 578 g/mol. The van der Waals surface area contributed by atoms with Crippen molar-refractivity contribution in [2.24, 2.45) is 0 Å². The fourth-order valence-electron chi connectivity index (χ4n) is 3.93. The van der Waals surface area contributed by atoms with Crippen molar-refractivity contribution < 1.29 is 38.1 Å². The molecule has 0 fully saturated rings. The Labute approximate surface area is 249 Å². The molecule has 4 aromatic carbocycles. The maximum atomic E-state index is 12.6. The molecule has 0 aliphatic heterocycles. The Hall–Kier alpha value is -5.63. The Morgan fingerprint density at radius 2 is 1.05 bits per heavy atom. The highest BCUT2D eigenvalue weighted by Crippen LogP contribution is 2.28. The first-order chi connectivity index (χ1) is 20.9. The van der Waals surface area contributed by atoms with Gasteiger partial charge >= 0.3 is 17.9 Å². The lowest BCUT2D eigenvalue weighted by Crippen LogP contribution is -2.10. The van der Waals surface area contributed by atoms with Gasteiger partial charge in [0.1, 0.15) is 30.5 Å². The van der Waals surface area contributed by atoms with Crippen LogP contribution in [-0.2, 0) is 19.1 Å². The van der Waals surface area contributed by atoms with Gasteiger partial charge in [-0.15, -0.1) is 0 Å². The fourth-order valence-corrected chi connectivity index (χ4v) is 3.93. The predicted octanol–water partition coefficient (Wildman–Crippen LogP) is 6.80. The highest BCUT2D eigenvalue weighted by Gasteiger charge is 2.10. The number of ether oxygens (including phenoxy) is 5. The van der Waals surface area contributed by atoms with Crippen molar-refractivity contribution in [3.8, 4) is 39.5 Å². The number of esters is 3. The van der Waals surface area contributed by atoms with Crippen LogP contribution in [0.4, 0.5) is 0 Å². The quantitative estimate of drug-likeness (QED) is 0.0530. The van der Waals surface area contributed by atoms with Crippen LogP contribution >= 0.6 is 0 Å². The zero-order valence-electron chi connectivity index (χ0n) is 23.4. The van der Waals surface area contributed by atoms with Crippen molar-refractivity contribution in [1.29, 1.82) is 0 Å². The SMILES string of the molecule is C=COC(=O)CCOc1ccc(C(=O)Oc2ccc(-c3ccc(-c4ccc(OCCOC(=O)C=C)cc4)cc3)cc2)cc1. The number of rotatable bonds is 14. The van der Waals surface area contributed by atoms with Crippen LogP contribution in [0.2, 0.25) is 0 Å². The summed E-state index contributed by atoms with van der Waals surface area (Å²) in [6.07, 6.45) is 2.27. The van der Waals surface area contributed by atoms with Crippen LogP contribution in [0.15, 0.2) is 123 Å². The minimum atomic E-state index is -0.495. The van der Waals surface area contributed by atoms with E-state index in [1.54, 1.807) is 36.4 Å². The lowest BCUT2D eigenvalue weighted by atomic mass is 10.0. The molecule has 0 heterocycles. The average Bonchev–Trinajstić information content (AvgIpc) is 3.04. The zero-order chi connectivity index (χ0) is 30.4. The molecule has 0 saturated heterocycles. The summed E-state index contributed by atoms with van der Waals surface area (Å²) < 4.78 is 26.1. The van der Waals surface area contributed by atoms with E-state index in [1.807, 2.05) is 60.7 Å². The molecule has 0 radical (unpaired) electrons. The first-order valence-electron chi connectivity index (χ1n) is 13.4. The first kappa shape index (κ1) is 30.3. The van der Waals surface area contributed by atoms with Gasteiger partial charge in [-0.3, -0.25) is 4.79 Å². The molecule has 0 spiro atoms. The molecule has 43 heavy (non-hydrogen) atoms. The van der Waals surface area contributed by atoms with E-state index in [9.17, 15) is 14.4 Å². The molecule has 0 aliphatic rings. The maximum Gasteiger partial charge on any atom is 0.343 e. The van der Waals surface area contributed by atoms with Gasteiger partial charge in [-0.2, -0.15) is 0 Å². The van der Waals surface area contributed by atoms with Gasteiger partial charge in [0.2, 0.25) is 0 Å². The van der Waals surface area contributed by atoms with Crippen molar-refractivity contribution >= 4 is 17.9 Å². The van der Waals surface area contributed by atoms with Gasteiger partial charge in [-0.1, -0.05) is 61.7 Å². The van der Waals surface area contributed by atoms with Crippen LogP contribution < -0.4 is 14.2 Å². The summed E-state index contributed by atoms with van der Waals surface area (Å²) in [5.74, 6) is 0.219. The Balaban J connectivity index is 1.27. The second kappa shape index (κ2) is 15.4. The molecule has 4 aromatic rings. The predicted molar refractivity (Wildman–Crippen MR) is 162 cm³/mol. The number of hydrogen-bond acceptors (Lipinski definition) is 8. The highest BCUT2D eigenvalue weighted by molar-refractivity contribution is 5.91. The summed E-state index contributed by atoms with van der Waals surface area (Å²) in [6.45, 7) is 7.23. The first-order valence-corrected chi connectivity index (χ1v) is 13.4.